The number of morpholine rings is 1. The van der Waals surface area contributed by atoms with E-state index in [1.54, 1.807) is 0 Å². The van der Waals surface area contributed by atoms with Gasteiger partial charge in [0.05, 0.1) is 30.5 Å². The van der Waals surface area contributed by atoms with Crippen molar-refractivity contribution >= 4 is 28.8 Å². The summed E-state index contributed by atoms with van der Waals surface area (Å²) in [5.41, 5.74) is -0.464. The molecule has 1 aromatic heterocycles. The summed E-state index contributed by atoms with van der Waals surface area (Å²) >= 11 is 1.52. The molecule has 1 aliphatic rings. The van der Waals surface area contributed by atoms with E-state index < -0.39 is 29.2 Å². The number of carbonyl (C=O) groups excluding carboxylic acids is 2. The van der Waals surface area contributed by atoms with Crippen LogP contribution in [0.4, 0.5) is 18.9 Å². The lowest BCUT2D eigenvalue weighted by Gasteiger charge is -2.34. The molecule has 0 aliphatic carbocycles. The summed E-state index contributed by atoms with van der Waals surface area (Å²) in [6.45, 7) is 2.67. The number of hydrogen-bond acceptors (Lipinski definition) is 5. The Morgan fingerprint density at radius 3 is 2.52 bits per heavy atom. The highest BCUT2D eigenvalue weighted by molar-refractivity contribution is 7.08. The number of nitrogens with zero attached hydrogens (tertiary/aromatic N) is 1. The molecule has 1 saturated heterocycles. The number of nitrogens with one attached hydrogen (secondary N) is 2. The van der Waals surface area contributed by atoms with Gasteiger partial charge in [-0.1, -0.05) is 12.1 Å². The second-order valence-corrected chi connectivity index (χ2v) is 7.21. The molecule has 3 rings (SSSR count). The Morgan fingerprint density at radius 2 is 1.86 bits per heavy atom. The number of carbonyl (C=O) groups is 2. The number of amides is 2. The molecule has 2 N–H and O–H groups in total. The van der Waals surface area contributed by atoms with Crippen LogP contribution in [0.25, 0.3) is 0 Å². The summed E-state index contributed by atoms with van der Waals surface area (Å²) in [4.78, 5) is 26.5. The third-order valence-corrected chi connectivity index (χ3v) is 5.26. The first-order valence-electron chi connectivity index (χ1n) is 8.95. The van der Waals surface area contributed by atoms with Gasteiger partial charge in [-0.2, -0.15) is 24.5 Å². The lowest BCUT2D eigenvalue weighted by molar-refractivity contribution is -0.138. The molecule has 1 aromatic carbocycles. The minimum absolute atomic E-state index is 0.149. The number of thiophene rings is 1. The normalized spacial score (nSPS) is 16.2. The van der Waals surface area contributed by atoms with Gasteiger partial charge in [-0.3, -0.25) is 14.5 Å². The van der Waals surface area contributed by atoms with Crippen molar-refractivity contribution in [2.45, 2.75) is 12.2 Å². The minimum atomic E-state index is -4.64. The molecular formula is C19H20F3N3O3S. The Bertz CT molecular complexity index is 837. The molecule has 2 amide bonds. The summed E-state index contributed by atoms with van der Waals surface area (Å²) in [5, 5.41) is 8.48. The number of alkyl halides is 3. The van der Waals surface area contributed by atoms with Crippen LogP contribution >= 0.6 is 11.3 Å². The van der Waals surface area contributed by atoms with Gasteiger partial charge >= 0.3 is 18.0 Å². The van der Waals surface area contributed by atoms with E-state index >= 15 is 0 Å². The second-order valence-electron chi connectivity index (χ2n) is 6.43. The summed E-state index contributed by atoms with van der Waals surface area (Å²) in [6, 6.07) is 6.31. The van der Waals surface area contributed by atoms with E-state index in [1.807, 2.05) is 16.8 Å². The molecule has 10 heteroatoms. The molecule has 1 aliphatic heterocycles. The van der Waals surface area contributed by atoms with Crippen LogP contribution in [0.5, 0.6) is 0 Å². The highest BCUT2D eigenvalue weighted by Gasteiger charge is 2.34. The van der Waals surface area contributed by atoms with Crippen LogP contribution in [0.15, 0.2) is 41.1 Å². The van der Waals surface area contributed by atoms with Crippen LogP contribution < -0.4 is 10.6 Å². The third-order valence-electron chi connectivity index (χ3n) is 4.56. The third kappa shape index (κ3) is 5.55. The number of benzene rings is 1. The number of halogens is 3. The van der Waals surface area contributed by atoms with Crippen LogP contribution in [0, 0.1) is 0 Å². The van der Waals surface area contributed by atoms with E-state index in [0.717, 1.165) is 17.7 Å². The quantitative estimate of drug-likeness (QED) is 0.720. The smallest absolute Gasteiger partial charge is 0.379 e. The number of ether oxygens (including phenoxy) is 1. The van der Waals surface area contributed by atoms with E-state index in [-0.39, 0.29) is 12.6 Å². The maximum Gasteiger partial charge on any atom is 0.418 e. The van der Waals surface area contributed by atoms with Crippen molar-refractivity contribution in [2.24, 2.45) is 0 Å². The standard InChI is InChI=1S/C19H20F3N3O3S/c20-19(21,22)14-3-1-2-4-15(14)24-18(27)17(26)23-11-16(13-5-10-29-12-13)25-6-8-28-9-7-25/h1-5,10,12,16H,6-9,11H2,(H,23,26)(H,24,27). The van der Waals surface area contributed by atoms with Crippen molar-refractivity contribution in [3.8, 4) is 0 Å². The predicted octanol–water partition coefficient (Wildman–Crippen LogP) is 2.90. The molecule has 0 saturated carbocycles. The summed E-state index contributed by atoms with van der Waals surface area (Å²) < 4.78 is 44.5. The van der Waals surface area contributed by atoms with Gasteiger partial charge in [0.2, 0.25) is 0 Å². The molecule has 2 heterocycles. The van der Waals surface area contributed by atoms with E-state index in [0.29, 0.717) is 26.3 Å². The fraction of sp³-hybridized carbons (Fsp3) is 0.368. The van der Waals surface area contributed by atoms with Gasteiger partial charge in [-0.05, 0) is 34.5 Å². The van der Waals surface area contributed by atoms with Crippen molar-refractivity contribution < 1.29 is 27.5 Å². The molecule has 6 nitrogen and oxygen atoms in total. The van der Waals surface area contributed by atoms with E-state index in [9.17, 15) is 22.8 Å². The van der Waals surface area contributed by atoms with Gasteiger partial charge in [0.1, 0.15) is 0 Å². The van der Waals surface area contributed by atoms with Crippen molar-refractivity contribution in [1.29, 1.82) is 0 Å². The Balaban J connectivity index is 1.64. The first-order chi connectivity index (χ1) is 13.9. The highest BCUT2D eigenvalue weighted by atomic mass is 32.1. The Morgan fingerprint density at radius 1 is 1.14 bits per heavy atom. The van der Waals surface area contributed by atoms with Crippen LogP contribution in [0.2, 0.25) is 0 Å². The molecule has 0 spiro atoms. The first kappa shape index (κ1) is 21.3. The maximum absolute atomic E-state index is 13.1. The Labute approximate surface area is 169 Å². The van der Waals surface area contributed by atoms with E-state index in [2.05, 4.69) is 15.5 Å². The minimum Gasteiger partial charge on any atom is -0.379 e. The average Bonchev–Trinajstić information content (AvgIpc) is 3.23. The largest absolute Gasteiger partial charge is 0.418 e. The molecule has 1 atom stereocenters. The van der Waals surface area contributed by atoms with E-state index in [4.69, 9.17) is 4.74 Å². The predicted molar refractivity (Wildman–Crippen MR) is 103 cm³/mol. The number of para-hydroxylation sites is 1. The molecule has 2 aromatic rings. The number of hydrogen-bond donors (Lipinski definition) is 2. The van der Waals surface area contributed by atoms with Gasteiger partial charge in [0, 0.05) is 19.6 Å². The average molecular weight is 427 g/mol. The summed E-state index contributed by atoms with van der Waals surface area (Å²) in [5.74, 6) is -2.14. The molecular weight excluding hydrogens is 407 g/mol. The summed E-state index contributed by atoms with van der Waals surface area (Å²) in [7, 11) is 0. The van der Waals surface area contributed by atoms with Gasteiger partial charge in [-0.15, -0.1) is 0 Å². The van der Waals surface area contributed by atoms with Gasteiger partial charge < -0.3 is 15.4 Å². The van der Waals surface area contributed by atoms with Crippen LogP contribution in [-0.4, -0.2) is 49.6 Å². The second kappa shape index (κ2) is 9.38. The van der Waals surface area contributed by atoms with Gasteiger partial charge in [-0.25, -0.2) is 0 Å². The molecule has 1 unspecified atom stereocenters. The van der Waals surface area contributed by atoms with E-state index in [1.165, 1.54) is 23.5 Å². The van der Waals surface area contributed by atoms with Crippen LogP contribution in [-0.2, 0) is 20.5 Å². The molecule has 0 bridgehead atoms. The van der Waals surface area contributed by atoms with Crippen molar-refractivity contribution in [1.82, 2.24) is 10.2 Å². The van der Waals surface area contributed by atoms with Gasteiger partial charge in [0.25, 0.3) is 0 Å². The topological polar surface area (TPSA) is 70.7 Å². The lowest BCUT2D eigenvalue weighted by Crippen LogP contribution is -2.45. The first-order valence-corrected chi connectivity index (χ1v) is 9.90. The SMILES string of the molecule is O=C(NCC(c1ccsc1)N1CCOCC1)C(=O)Nc1ccccc1C(F)(F)F. The highest BCUT2D eigenvalue weighted by Crippen LogP contribution is 2.34. The zero-order chi connectivity index (χ0) is 20.9. The maximum atomic E-state index is 13.1. The fourth-order valence-electron chi connectivity index (χ4n) is 3.10. The van der Waals surface area contributed by atoms with Gasteiger partial charge in [0.15, 0.2) is 0 Å². The zero-order valence-electron chi connectivity index (χ0n) is 15.4. The molecule has 156 valence electrons. The molecule has 1 fully saturated rings. The monoisotopic (exact) mass is 427 g/mol. The van der Waals surface area contributed by atoms with Crippen molar-refractivity contribution in [3.63, 3.8) is 0 Å². The van der Waals surface area contributed by atoms with Crippen molar-refractivity contribution in [3.05, 3.63) is 52.2 Å². The number of rotatable bonds is 5. The molecule has 29 heavy (non-hydrogen) atoms. The van der Waals surface area contributed by atoms with Crippen LogP contribution in [0.3, 0.4) is 0 Å². The fourth-order valence-corrected chi connectivity index (χ4v) is 3.81. The molecule has 0 radical (unpaired) electrons. The Kier molecular flexibility index (Phi) is 6.88. The lowest BCUT2D eigenvalue weighted by atomic mass is 10.1. The zero-order valence-corrected chi connectivity index (χ0v) is 16.2. The Hall–Kier alpha value is -2.43. The van der Waals surface area contributed by atoms with Crippen LogP contribution in [0.1, 0.15) is 17.2 Å². The number of anilines is 1. The summed E-state index contributed by atoms with van der Waals surface area (Å²) in [6.07, 6.45) is -4.64. The van der Waals surface area contributed by atoms with Crippen molar-refractivity contribution in [2.75, 3.05) is 38.2 Å².